The maximum atomic E-state index is 12.1. The van der Waals surface area contributed by atoms with Crippen molar-refractivity contribution in [1.29, 1.82) is 0 Å². The summed E-state index contributed by atoms with van der Waals surface area (Å²) < 4.78 is 5.87. The van der Waals surface area contributed by atoms with Gasteiger partial charge in [0.05, 0.1) is 6.10 Å². The number of nitrogens with one attached hydrogen (secondary N) is 2. The molecule has 2 saturated carbocycles. The fourth-order valence-corrected chi connectivity index (χ4v) is 3.80. The minimum atomic E-state index is 0. The predicted octanol–water partition coefficient (Wildman–Crippen LogP) is 2.12. The van der Waals surface area contributed by atoms with Gasteiger partial charge in [0.25, 0.3) is 0 Å². The van der Waals surface area contributed by atoms with Crippen LogP contribution in [-0.4, -0.2) is 38.3 Å². The van der Waals surface area contributed by atoms with E-state index in [1.54, 1.807) is 0 Å². The lowest BCUT2D eigenvalue weighted by Crippen LogP contribution is -2.64. The molecule has 2 N–H and O–H groups in total. The molecule has 0 aromatic carbocycles. The Labute approximate surface area is 128 Å². The van der Waals surface area contributed by atoms with Crippen molar-refractivity contribution in [1.82, 2.24) is 10.6 Å². The first-order valence-corrected chi connectivity index (χ1v) is 7.70. The standard InChI is InChI=1S/C15H28N2O2.ClH/c1-4-19-13-9-12(15(13)7-5-6-8-15)17-14(18)11(2)10-16-3;/h11-13,16H,4-10H2,1-3H3,(H,17,18);1H. The maximum absolute atomic E-state index is 12.1. The summed E-state index contributed by atoms with van der Waals surface area (Å²) in [7, 11) is 1.89. The number of rotatable bonds is 6. The smallest absolute Gasteiger partial charge is 0.224 e. The predicted molar refractivity (Wildman–Crippen MR) is 83.2 cm³/mol. The average molecular weight is 305 g/mol. The fraction of sp³-hybridized carbons (Fsp3) is 0.933. The van der Waals surface area contributed by atoms with Crippen LogP contribution in [0.15, 0.2) is 0 Å². The summed E-state index contributed by atoms with van der Waals surface area (Å²) in [6.45, 7) is 5.55. The molecule has 1 amide bonds. The number of halogens is 1. The molecule has 0 heterocycles. The summed E-state index contributed by atoms with van der Waals surface area (Å²) in [6, 6.07) is 0.332. The second-order valence-electron chi connectivity index (χ2n) is 6.14. The van der Waals surface area contributed by atoms with Crippen molar-refractivity contribution in [2.75, 3.05) is 20.2 Å². The molecule has 0 saturated heterocycles. The van der Waals surface area contributed by atoms with Crippen LogP contribution in [0.5, 0.6) is 0 Å². The van der Waals surface area contributed by atoms with Gasteiger partial charge in [-0.2, -0.15) is 0 Å². The zero-order chi connectivity index (χ0) is 13.9. The number of ether oxygens (including phenoxy) is 1. The molecule has 3 unspecified atom stereocenters. The van der Waals surface area contributed by atoms with Crippen molar-refractivity contribution in [3.05, 3.63) is 0 Å². The molecule has 5 heteroatoms. The van der Waals surface area contributed by atoms with Crippen LogP contribution in [0, 0.1) is 11.3 Å². The molecule has 1 spiro atoms. The first-order valence-electron chi connectivity index (χ1n) is 7.70. The van der Waals surface area contributed by atoms with Crippen molar-refractivity contribution in [3.8, 4) is 0 Å². The Morgan fingerprint density at radius 2 is 2.05 bits per heavy atom. The van der Waals surface area contributed by atoms with E-state index in [1.165, 1.54) is 25.7 Å². The highest BCUT2D eigenvalue weighted by Crippen LogP contribution is 2.54. The monoisotopic (exact) mass is 304 g/mol. The second kappa shape index (κ2) is 7.62. The lowest BCUT2D eigenvalue weighted by molar-refractivity contribution is -0.146. The van der Waals surface area contributed by atoms with Crippen LogP contribution >= 0.6 is 12.4 Å². The van der Waals surface area contributed by atoms with Gasteiger partial charge in [-0.25, -0.2) is 0 Å². The van der Waals surface area contributed by atoms with Crippen LogP contribution in [-0.2, 0) is 9.53 Å². The van der Waals surface area contributed by atoms with Crippen LogP contribution in [0.4, 0.5) is 0 Å². The van der Waals surface area contributed by atoms with E-state index in [-0.39, 0.29) is 29.6 Å². The quantitative estimate of drug-likeness (QED) is 0.790. The minimum absolute atomic E-state index is 0. The van der Waals surface area contributed by atoms with Gasteiger partial charge in [0, 0.05) is 30.5 Å². The summed E-state index contributed by atoms with van der Waals surface area (Å²) in [5.41, 5.74) is 0.241. The summed E-state index contributed by atoms with van der Waals surface area (Å²) in [5.74, 6) is 0.218. The normalized spacial score (nSPS) is 28.6. The Morgan fingerprint density at radius 1 is 1.40 bits per heavy atom. The first kappa shape index (κ1) is 17.7. The van der Waals surface area contributed by atoms with Gasteiger partial charge in [-0.15, -0.1) is 12.4 Å². The van der Waals surface area contributed by atoms with Crippen LogP contribution in [0.2, 0.25) is 0 Å². The molecule has 0 aromatic rings. The largest absolute Gasteiger partial charge is 0.378 e. The van der Waals surface area contributed by atoms with Gasteiger partial charge in [-0.1, -0.05) is 19.8 Å². The van der Waals surface area contributed by atoms with E-state index in [1.807, 2.05) is 14.0 Å². The fourth-order valence-electron chi connectivity index (χ4n) is 3.80. The Balaban J connectivity index is 0.00000200. The first-order chi connectivity index (χ1) is 9.14. The number of amides is 1. The van der Waals surface area contributed by atoms with E-state index in [0.717, 1.165) is 19.6 Å². The number of carbonyl (C=O) groups excluding carboxylic acids is 1. The molecule has 0 aliphatic heterocycles. The third-order valence-electron chi connectivity index (χ3n) is 4.96. The van der Waals surface area contributed by atoms with Crippen LogP contribution in [0.3, 0.4) is 0 Å². The van der Waals surface area contributed by atoms with Gasteiger partial charge in [0.15, 0.2) is 0 Å². The number of carbonyl (C=O) groups is 1. The van der Waals surface area contributed by atoms with Crippen molar-refractivity contribution < 1.29 is 9.53 Å². The maximum Gasteiger partial charge on any atom is 0.224 e. The third-order valence-corrected chi connectivity index (χ3v) is 4.96. The number of hydrogen-bond donors (Lipinski definition) is 2. The molecular formula is C15H29ClN2O2. The highest BCUT2D eigenvalue weighted by molar-refractivity contribution is 5.85. The molecule has 0 bridgehead atoms. The van der Waals surface area contributed by atoms with E-state index in [4.69, 9.17) is 4.74 Å². The summed E-state index contributed by atoms with van der Waals surface area (Å²) in [4.78, 5) is 12.1. The molecule has 20 heavy (non-hydrogen) atoms. The van der Waals surface area contributed by atoms with Crippen molar-refractivity contribution in [3.63, 3.8) is 0 Å². The molecule has 2 fully saturated rings. The molecular weight excluding hydrogens is 276 g/mol. The highest BCUT2D eigenvalue weighted by Gasteiger charge is 2.57. The summed E-state index contributed by atoms with van der Waals surface area (Å²) in [5, 5.41) is 6.33. The lowest BCUT2D eigenvalue weighted by Gasteiger charge is -2.54. The van der Waals surface area contributed by atoms with Crippen molar-refractivity contribution >= 4 is 18.3 Å². The molecule has 0 radical (unpaired) electrons. The molecule has 2 aliphatic carbocycles. The van der Waals surface area contributed by atoms with E-state index < -0.39 is 0 Å². The molecule has 118 valence electrons. The van der Waals surface area contributed by atoms with E-state index >= 15 is 0 Å². The zero-order valence-electron chi connectivity index (χ0n) is 12.9. The van der Waals surface area contributed by atoms with Gasteiger partial charge in [-0.3, -0.25) is 4.79 Å². The van der Waals surface area contributed by atoms with Gasteiger partial charge in [0.1, 0.15) is 0 Å². The molecule has 0 aromatic heterocycles. The third kappa shape index (κ3) is 3.29. The van der Waals surface area contributed by atoms with Crippen LogP contribution in [0.1, 0.15) is 46.0 Å². The average Bonchev–Trinajstić information content (AvgIpc) is 2.90. The van der Waals surface area contributed by atoms with Gasteiger partial charge < -0.3 is 15.4 Å². The highest BCUT2D eigenvalue weighted by atomic mass is 35.5. The SMILES string of the molecule is CCOC1CC(NC(=O)C(C)CNC)C12CCCC2.Cl. The lowest BCUT2D eigenvalue weighted by atomic mass is 9.60. The molecule has 3 atom stereocenters. The minimum Gasteiger partial charge on any atom is -0.378 e. The van der Waals surface area contributed by atoms with Crippen LogP contribution < -0.4 is 10.6 Å². The molecule has 2 aliphatic rings. The van der Waals surface area contributed by atoms with Crippen LogP contribution in [0.25, 0.3) is 0 Å². The Morgan fingerprint density at radius 3 is 2.60 bits per heavy atom. The number of hydrogen-bond acceptors (Lipinski definition) is 3. The van der Waals surface area contributed by atoms with E-state index in [0.29, 0.717) is 12.1 Å². The Bertz CT molecular complexity index is 319. The zero-order valence-corrected chi connectivity index (χ0v) is 13.7. The van der Waals surface area contributed by atoms with Crippen molar-refractivity contribution in [2.24, 2.45) is 11.3 Å². The molecule has 2 rings (SSSR count). The Kier molecular flexibility index (Phi) is 6.76. The Hall–Kier alpha value is -0.320. The van der Waals surface area contributed by atoms with Crippen molar-refractivity contribution in [2.45, 2.75) is 58.1 Å². The van der Waals surface area contributed by atoms with Gasteiger partial charge >= 0.3 is 0 Å². The second-order valence-corrected chi connectivity index (χ2v) is 6.14. The summed E-state index contributed by atoms with van der Waals surface area (Å²) >= 11 is 0. The topological polar surface area (TPSA) is 50.4 Å². The van der Waals surface area contributed by atoms with Gasteiger partial charge in [-0.05, 0) is 33.2 Å². The summed E-state index contributed by atoms with van der Waals surface area (Å²) in [6.07, 6.45) is 6.34. The van der Waals surface area contributed by atoms with E-state index in [2.05, 4.69) is 17.6 Å². The van der Waals surface area contributed by atoms with E-state index in [9.17, 15) is 4.79 Å². The molecule has 4 nitrogen and oxygen atoms in total. The van der Waals surface area contributed by atoms with Gasteiger partial charge in [0.2, 0.25) is 5.91 Å².